The molecule has 1 saturated heterocycles. The molecule has 1 unspecified atom stereocenters. The number of benzene rings is 2. The number of hydrogen-bond donors (Lipinski definition) is 0. The Bertz CT molecular complexity index is 1020. The third-order valence-corrected chi connectivity index (χ3v) is 5.39. The van der Waals surface area contributed by atoms with Crippen molar-refractivity contribution in [2.24, 2.45) is 5.92 Å². The minimum Gasteiger partial charge on any atom is -0.493 e. The second-order valence-electron chi connectivity index (χ2n) is 7.50. The van der Waals surface area contributed by atoms with Crippen LogP contribution in [0.1, 0.15) is 12.0 Å². The van der Waals surface area contributed by atoms with E-state index in [1.807, 2.05) is 0 Å². The van der Waals surface area contributed by atoms with E-state index in [0.29, 0.717) is 22.7 Å². The maximum absolute atomic E-state index is 13.0. The number of nitrogens with zero attached hydrogens (tertiary/aromatic N) is 2. The number of carbonyl (C=O) groups is 2. The molecule has 0 saturated carbocycles. The Labute approximate surface area is 190 Å². The van der Waals surface area contributed by atoms with E-state index in [0.717, 1.165) is 0 Å². The summed E-state index contributed by atoms with van der Waals surface area (Å²) in [5, 5.41) is 0. The number of carbonyl (C=O) groups excluding carboxylic acids is 2. The van der Waals surface area contributed by atoms with E-state index in [1.165, 1.54) is 38.4 Å². The maximum atomic E-state index is 13.0. The monoisotopic (exact) mass is 464 g/mol. The Hall–Kier alpha value is -3.56. The summed E-state index contributed by atoms with van der Waals surface area (Å²) >= 11 is 0. The fourth-order valence-electron chi connectivity index (χ4n) is 3.78. The van der Waals surface area contributed by atoms with Gasteiger partial charge in [0.2, 0.25) is 11.8 Å². The highest BCUT2D eigenvalue weighted by molar-refractivity contribution is 6.00. The average Bonchev–Trinajstić information content (AvgIpc) is 3.20. The molecule has 10 heteroatoms. The highest BCUT2D eigenvalue weighted by Gasteiger charge is 2.36. The average molecular weight is 464 g/mol. The molecule has 3 rings (SSSR count). The quantitative estimate of drug-likeness (QED) is 0.567. The second kappa shape index (κ2) is 10.4. The van der Waals surface area contributed by atoms with Gasteiger partial charge in [-0.15, -0.1) is 0 Å². The van der Waals surface area contributed by atoms with E-state index >= 15 is 0 Å². The van der Waals surface area contributed by atoms with Crippen molar-refractivity contribution in [2.45, 2.75) is 19.6 Å². The van der Waals surface area contributed by atoms with E-state index in [2.05, 4.69) is 4.74 Å². The standard InChI is InChI=1S/C23H26F2N2O6/c1-26(12-14-5-7-18(33-23(24)25)19(9-14)31-3)22(29)15-10-21(28)27(13-15)16-6-8-17(30-2)20(11-16)32-4/h5-9,11,15,23H,10,12-13H2,1-4H3. The van der Waals surface area contributed by atoms with Gasteiger partial charge in [-0.1, -0.05) is 6.07 Å². The van der Waals surface area contributed by atoms with Crippen molar-refractivity contribution >= 4 is 17.5 Å². The van der Waals surface area contributed by atoms with Gasteiger partial charge in [0, 0.05) is 38.3 Å². The molecule has 8 nitrogen and oxygen atoms in total. The van der Waals surface area contributed by atoms with Gasteiger partial charge in [0.15, 0.2) is 23.0 Å². The molecule has 1 fully saturated rings. The number of alkyl halides is 2. The van der Waals surface area contributed by atoms with Crippen LogP contribution < -0.4 is 23.8 Å². The number of rotatable bonds is 9. The summed E-state index contributed by atoms with van der Waals surface area (Å²) in [4.78, 5) is 28.7. The lowest BCUT2D eigenvalue weighted by Gasteiger charge is -2.22. The van der Waals surface area contributed by atoms with E-state index < -0.39 is 12.5 Å². The first kappa shape index (κ1) is 24.1. The van der Waals surface area contributed by atoms with Crippen LogP contribution in [0.4, 0.5) is 14.5 Å². The Morgan fingerprint density at radius 2 is 1.67 bits per heavy atom. The van der Waals surface area contributed by atoms with Crippen LogP contribution in [0.5, 0.6) is 23.0 Å². The lowest BCUT2D eigenvalue weighted by molar-refractivity contribution is -0.135. The molecule has 2 aromatic rings. The molecule has 0 spiro atoms. The van der Waals surface area contributed by atoms with Crippen LogP contribution in [0.2, 0.25) is 0 Å². The lowest BCUT2D eigenvalue weighted by Crippen LogP contribution is -2.34. The number of amides is 2. The molecule has 1 heterocycles. The Morgan fingerprint density at radius 1 is 1.03 bits per heavy atom. The van der Waals surface area contributed by atoms with Gasteiger partial charge in [-0.2, -0.15) is 8.78 Å². The molecule has 0 bridgehead atoms. The number of ether oxygens (including phenoxy) is 4. The Morgan fingerprint density at radius 3 is 2.30 bits per heavy atom. The summed E-state index contributed by atoms with van der Waals surface area (Å²) in [5.41, 5.74) is 1.29. The first-order chi connectivity index (χ1) is 15.8. The van der Waals surface area contributed by atoms with E-state index in [1.54, 1.807) is 36.2 Å². The molecule has 0 N–H and O–H groups in total. The SMILES string of the molecule is COc1ccc(N2CC(C(=O)N(C)Cc3ccc(OC(F)F)c(OC)c3)CC2=O)cc1OC. The third kappa shape index (κ3) is 5.44. The Kier molecular flexibility index (Phi) is 7.57. The molecule has 1 atom stereocenters. The van der Waals surface area contributed by atoms with Gasteiger partial charge in [-0.3, -0.25) is 9.59 Å². The molecule has 2 aromatic carbocycles. The zero-order valence-corrected chi connectivity index (χ0v) is 18.8. The number of anilines is 1. The van der Waals surface area contributed by atoms with E-state index in [-0.39, 0.29) is 42.8 Å². The van der Waals surface area contributed by atoms with Crippen LogP contribution in [-0.4, -0.2) is 58.2 Å². The summed E-state index contributed by atoms with van der Waals surface area (Å²) in [6, 6.07) is 9.64. The summed E-state index contributed by atoms with van der Waals surface area (Å²) in [7, 11) is 6.01. The molecule has 33 heavy (non-hydrogen) atoms. The minimum absolute atomic E-state index is 0.0853. The summed E-state index contributed by atoms with van der Waals surface area (Å²) in [6.45, 7) is -2.52. The van der Waals surface area contributed by atoms with E-state index in [9.17, 15) is 18.4 Å². The molecule has 0 aliphatic carbocycles. The fraction of sp³-hybridized carbons (Fsp3) is 0.391. The molecule has 178 valence electrons. The van der Waals surface area contributed by atoms with Crippen molar-refractivity contribution < 1.29 is 37.3 Å². The molecular weight excluding hydrogens is 438 g/mol. The second-order valence-corrected chi connectivity index (χ2v) is 7.50. The van der Waals surface area contributed by atoms with Gasteiger partial charge in [0.05, 0.1) is 27.2 Å². The maximum Gasteiger partial charge on any atom is 0.387 e. The van der Waals surface area contributed by atoms with Gasteiger partial charge in [0.1, 0.15) is 0 Å². The van der Waals surface area contributed by atoms with Crippen molar-refractivity contribution in [2.75, 3.05) is 39.8 Å². The first-order valence-corrected chi connectivity index (χ1v) is 10.2. The van der Waals surface area contributed by atoms with Crippen LogP contribution in [-0.2, 0) is 16.1 Å². The zero-order chi connectivity index (χ0) is 24.1. The summed E-state index contributed by atoms with van der Waals surface area (Å²) in [6.07, 6.45) is 0.0853. The molecule has 0 radical (unpaired) electrons. The van der Waals surface area contributed by atoms with Crippen molar-refractivity contribution in [1.82, 2.24) is 4.90 Å². The van der Waals surface area contributed by atoms with Crippen LogP contribution in [0.3, 0.4) is 0 Å². The summed E-state index contributed by atoms with van der Waals surface area (Å²) in [5.74, 6) is 0.214. The van der Waals surface area contributed by atoms with Crippen LogP contribution in [0.25, 0.3) is 0 Å². The molecule has 2 amide bonds. The minimum atomic E-state index is -2.97. The molecule has 1 aliphatic heterocycles. The van der Waals surface area contributed by atoms with Crippen LogP contribution in [0, 0.1) is 5.92 Å². The zero-order valence-electron chi connectivity index (χ0n) is 18.8. The Balaban J connectivity index is 1.68. The topological polar surface area (TPSA) is 77.5 Å². The fourth-order valence-corrected chi connectivity index (χ4v) is 3.78. The number of hydrogen-bond acceptors (Lipinski definition) is 6. The predicted octanol–water partition coefficient (Wildman–Crippen LogP) is 3.33. The van der Waals surface area contributed by atoms with Gasteiger partial charge >= 0.3 is 6.61 Å². The number of methoxy groups -OCH3 is 3. The van der Waals surface area contributed by atoms with Crippen LogP contribution >= 0.6 is 0 Å². The van der Waals surface area contributed by atoms with Crippen molar-refractivity contribution in [1.29, 1.82) is 0 Å². The first-order valence-electron chi connectivity index (χ1n) is 10.2. The highest BCUT2D eigenvalue weighted by Crippen LogP contribution is 2.35. The van der Waals surface area contributed by atoms with Gasteiger partial charge < -0.3 is 28.7 Å². The van der Waals surface area contributed by atoms with E-state index in [4.69, 9.17) is 14.2 Å². The van der Waals surface area contributed by atoms with Crippen molar-refractivity contribution in [3.63, 3.8) is 0 Å². The summed E-state index contributed by atoms with van der Waals surface area (Å²) < 4.78 is 45.1. The predicted molar refractivity (Wildman–Crippen MR) is 116 cm³/mol. The molecule has 1 aliphatic rings. The highest BCUT2D eigenvalue weighted by atomic mass is 19.3. The van der Waals surface area contributed by atoms with Gasteiger partial charge in [0.25, 0.3) is 0 Å². The van der Waals surface area contributed by atoms with Crippen molar-refractivity contribution in [3.05, 3.63) is 42.0 Å². The van der Waals surface area contributed by atoms with Gasteiger partial charge in [-0.05, 0) is 29.8 Å². The third-order valence-electron chi connectivity index (χ3n) is 5.39. The smallest absolute Gasteiger partial charge is 0.387 e. The molecule has 0 aromatic heterocycles. The number of halogens is 2. The normalized spacial score (nSPS) is 15.5. The largest absolute Gasteiger partial charge is 0.493 e. The lowest BCUT2D eigenvalue weighted by atomic mass is 10.1. The van der Waals surface area contributed by atoms with Gasteiger partial charge in [-0.25, -0.2) is 0 Å². The van der Waals surface area contributed by atoms with Crippen molar-refractivity contribution in [3.8, 4) is 23.0 Å². The van der Waals surface area contributed by atoms with Crippen LogP contribution in [0.15, 0.2) is 36.4 Å². The molecular formula is C23H26F2N2O6.